The van der Waals surface area contributed by atoms with Gasteiger partial charge in [-0.2, -0.15) is 4.31 Å². The molecule has 0 amide bonds. The van der Waals surface area contributed by atoms with Crippen molar-refractivity contribution in [3.63, 3.8) is 0 Å². The Morgan fingerprint density at radius 2 is 1.82 bits per heavy atom. The van der Waals surface area contributed by atoms with Gasteiger partial charge in [-0.3, -0.25) is 15.0 Å². The molecule has 3 aromatic rings. The van der Waals surface area contributed by atoms with Gasteiger partial charge < -0.3 is 15.2 Å². The molecule has 0 unspecified atom stereocenters. The number of sulfonamides is 1. The lowest BCUT2D eigenvalue weighted by Gasteiger charge is -2.33. The largest absolute Gasteiger partial charge is 0.493 e. The summed E-state index contributed by atoms with van der Waals surface area (Å²) in [5.41, 5.74) is 0.288. The molecule has 1 aliphatic rings. The Labute approximate surface area is 189 Å². The van der Waals surface area contributed by atoms with Crippen LogP contribution in [0.25, 0.3) is 10.9 Å². The molecule has 0 atom stereocenters. The van der Waals surface area contributed by atoms with Gasteiger partial charge >= 0.3 is 0 Å². The molecule has 0 spiro atoms. The minimum atomic E-state index is -4.12. The molecule has 4 rings (SSSR count). The van der Waals surface area contributed by atoms with E-state index in [1.807, 2.05) is 4.90 Å². The molecule has 1 saturated heterocycles. The predicted molar refractivity (Wildman–Crippen MR) is 120 cm³/mol. The summed E-state index contributed by atoms with van der Waals surface area (Å²) in [6.07, 6.45) is 0. The first kappa shape index (κ1) is 22.8. The third kappa shape index (κ3) is 4.57. The van der Waals surface area contributed by atoms with Gasteiger partial charge in [-0.25, -0.2) is 8.42 Å². The number of hydrogen-bond acceptors (Lipinski definition) is 9. The highest BCUT2D eigenvalue weighted by Gasteiger charge is 2.32. The number of nitrogens with zero attached hydrogens (tertiary/aromatic N) is 5. The molecular weight excluding hydrogens is 452 g/mol. The van der Waals surface area contributed by atoms with Gasteiger partial charge in [0.15, 0.2) is 5.69 Å². The number of aromatic amines is 1. The fourth-order valence-corrected chi connectivity index (χ4v) is 5.26. The maximum atomic E-state index is 13.4. The number of β-amino-alcohol motifs (C(OH)–C–C–N with tert-alkyl or cyclic N) is 1. The maximum absolute atomic E-state index is 13.4. The number of aliphatic hydroxyl groups excluding tert-OH is 1. The first-order valence-corrected chi connectivity index (χ1v) is 11.6. The van der Waals surface area contributed by atoms with Gasteiger partial charge in [-0.15, -0.1) is 10.2 Å². The molecule has 2 heterocycles. The summed E-state index contributed by atoms with van der Waals surface area (Å²) in [5.74, 6) is -0.230. The Morgan fingerprint density at radius 3 is 2.52 bits per heavy atom. The van der Waals surface area contributed by atoms with Crippen molar-refractivity contribution in [2.75, 3.05) is 39.3 Å². The van der Waals surface area contributed by atoms with Crippen molar-refractivity contribution in [1.82, 2.24) is 14.2 Å². The third-order valence-corrected chi connectivity index (χ3v) is 7.36. The molecule has 3 N–H and O–H groups in total. The first-order valence-electron chi connectivity index (χ1n) is 10.1. The van der Waals surface area contributed by atoms with Crippen LogP contribution in [0.4, 0.5) is 17.1 Å². The van der Waals surface area contributed by atoms with Crippen LogP contribution in [0.15, 0.2) is 57.6 Å². The number of hydrogen-bond donors (Lipinski definition) is 3. The number of nitrogens with one attached hydrogen (secondary N) is 1. The zero-order valence-electron chi connectivity index (χ0n) is 17.5. The number of nitro benzene ring substituents is 1. The smallest absolute Gasteiger partial charge is 0.270 e. The molecule has 2 aromatic carbocycles. The van der Waals surface area contributed by atoms with E-state index in [-0.39, 0.29) is 47.5 Å². The predicted octanol–water partition coefficient (Wildman–Crippen LogP) is 2.50. The van der Waals surface area contributed by atoms with Gasteiger partial charge in [-0.05, 0) is 12.1 Å². The number of fused-ring (bicyclic) bond motifs is 1. The van der Waals surface area contributed by atoms with Crippen LogP contribution in [0.1, 0.15) is 0 Å². The number of non-ortho nitro benzene ring substituents is 1. The van der Waals surface area contributed by atoms with Crippen LogP contribution in [-0.2, 0) is 10.0 Å². The van der Waals surface area contributed by atoms with E-state index in [4.69, 9.17) is 5.11 Å². The number of benzene rings is 2. The summed E-state index contributed by atoms with van der Waals surface area (Å²) < 4.78 is 28.0. The van der Waals surface area contributed by atoms with Gasteiger partial charge in [0.1, 0.15) is 10.6 Å². The Balaban J connectivity index is 1.72. The number of piperazine rings is 1. The zero-order chi connectivity index (χ0) is 23.6. The number of azo groups is 1. The van der Waals surface area contributed by atoms with Gasteiger partial charge in [0.05, 0.1) is 17.0 Å². The summed E-state index contributed by atoms with van der Waals surface area (Å²) >= 11 is 0. The summed E-state index contributed by atoms with van der Waals surface area (Å²) in [4.78, 5) is 15.0. The Bertz CT molecular complexity index is 1310. The van der Waals surface area contributed by atoms with Crippen LogP contribution in [0, 0.1) is 10.1 Å². The molecular formula is C20H22N6O6S. The van der Waals surface area contributed by atoms with Crippen molar-refractivity contribution in [2.45, 2.75) is 4.90 Å². The highest BCUT2D eigenvalue weighted by atomic mass is 32.2. The van der Waals surface area contributed by atoms with Crippen LogP contribution >= 0.6 is 0 Å². The van der Waals surface area contributed by atoms with E-state index in [0.29, 0.717) is 30.5 Å². The standard InChI is InChI=1S/C20H22N6O6S/c27-12-11-24-7-9-25(10-8-24)33(31,32)18-13-14(26(29)30)5-6-17(18)22-23-19-15-3-1-2-4-16(15)21-20(19)28/h1-6,13,21,27-28H,7-12H2. The maximum Gasteiger partial charge on any atom is 0.270 e. The molecule has 0 bridgehead atoms. The minimum absolute atomic E-state index is 0.0250. The number of aliphatic hydroxyl groups is 1. The Kier molecular flexibility index (Phi) is 6.37. The summed E-state index contributed by atoms with van der Waals surface area (Å²) in [6.45, 7) is 1.61. The lowest BCUT2D eigenvalue weighted by atomic mass is 10.2. The van der Waals surface area contributed by atoms with Gasteiger partial charge in [-0.1, -0.05) is 18.2 Å². The van der Waals surface area contributed by atoms with Crippen molar-refractivity contribution >= 4 is 38.0 Å². The van der Waals surface area contributed by atoms with E-state index in [2.05, 4.69) is 15.2 Å². The third-order valence-electron chi connectivity index (χ3n) is 5.44. The quantitative estimate of drug-likeness (QED) is 0.269. The van der Waals surface area contributed by atoms with Crippen LogP contribution in [0.5, 0.6) is 5.88 Å². The van der Waals surface area contributed by atoms with E-state index in [9.17, 15) is 23.6 Å². The molecule has 174 valence electrons. The molecule has 1 aromatic heterocycles. The lowest BCUT2D eigenvalue weighted by Crippen LogP contribution is -2.49. The van der Waals surface area contributed by atoms with E-state index in [1.165, 1.54) is 10.4 Å². The van der Waals surface area contributed by atoms with E-state index in [1.54, 1.807) is 24.3 Å². The Hall–Kier alpha value is -3.39. The topological polar surface area (TPSA) is 165 Å². The zero-order valence-corrected chi connectivity index (χ0v) is 18.3. The van der Waals surface area contributed by atoms with Crippen molar-refractivity contribution in [3.8, 4) is 5.88 Å². The van der Waals surface area contributed by atoms with E-state index in [0.717, 1.165) is 12.1 Å². The highest BCUT2D eigenvalue weighted by Crippen LogP contribution is 2.38. The number of nitro groups is 1. The van der Waals surface area contributed by atoms with Crippen molar-refractivity contribution in [1.29, 1.82) is 0 Å². The summed E-state index contributed by atoms with van der Waals surface area (Å²) in [5, 5.41) is 39.2. The highest BCUT2D eigenvalue weighted by molar-refractivity contribution is 7.89. The average molecular weight is 474 g/mol. The SMILES string of the molecule is O=[N+]([O-])c1ccc(N=Nc2c(O)[nH]c3ccccc23)c(S(=O)(=O)N2CCN(CCO)CC2)c1. The number of rotatable bonds is 7. The number of H-pyrrole nitrogens is 1. The molecule has 1 aliphatic heterocycles. The molecule has 0 radical (unpaired) electrons. The lowest BCUT2D eigenvalue weighted by molar-refractivity contribution is -0.385. The minimum Gasteiger partial charge on any atom is -0.493 e. The van der Waals surface area contributed by atoms with Crippen molar-refractivity contribution in [2.24, 2.45) is 10.2 Å². The molecule has 13 heteroatoms. The summed E-state index contributed by atoms with van der Waals surface area (Å²) in [7, 11) is -4.12. The van der Waals surface area contributed by atoms with Crippen molar-refractivity contribution < 1.29 is 23.6 Å². The fourth-order valence-electron chi connectivity index (χ4n) is 3.70. The Morgan fingerprint density at radius 1 is 1.09 bits per heavy atom. The van der Waals surface area contributed by atoms with Crippen LogP contribution < -0.4 is 0 Å². The van der Waals surface area contributed by atoms with E-state index < -0.39 is 14.9 Å². The first-order chi connectivity index (χ1) is 15.8. The second kappa shape index (κ2) is 9.23. The number of aromatic nitrogens is 1. The monoisotopic (exact) mass is 474 g/mol. The van der Waals surface area contributed by atoms with Crippen LogP contribution in [0.2, 0.25) is 0 Å². The van der Waals surface area contributed by atoms with Crippen LogP contribution in [0.3, 0.4) is 0 Å². The normalized spacial score (nSPS) is 16.0. The molecule has 0 saturated carbocycles. The average Bonchev–Trinajstić information content (AvgIpc) is 3.13. The number of para-hydroxylation sites is 1. The van der Waals surface area contributed by atoms with Crippen molar-refractivity contribution in [3.05, 3.63) is 52.6 Å². The number of aromatic hydroxyl groups is 1. The molecule has 33 heavy (non-hydrogen) atoms. The van der Waals surface area contributed by atoms with Gasteiger partial charge in [0.25, 0.3) is 5.69 Å². The van der Waals surface area contributed by atoms with Gasteiger partial charge in [0, 0.05) is 50.2 Å². The second-order valence-corrected chi connectivity index (χ2v) is 9.35. The van der Waals surface area contributed by atoms with Gasteiger partial charge in [0.2, 0.25) is 15.9 Å². The molecule has 0 aliphatic carbocycles. The summed E-state index contributed by atoms with van der Waals surface area (Å²) in [6, 6.07) is 10.3. The van der Waals surface area contributed by atoms with Crippen LogP contribution in [-0.4, -0.2) is 77.1 Å². The second-order valence-electron chi connectivity index (χ2n) is 7.45. The van der Waals surface area contributed by atoms with E-state index >= 15 is 0 Å². The molecule has 1 fully saturated rings. The molecule has 12 nitrogen and oxygen atoms in total. The fraction of sp³-hybridized carbons (Fsp3) is 0.300.